The molecule has 108 valence electrons. The van der Waals surface area contributed by atoms with Crippen LogP contribution in [-0.4, -0.2) is 18.9 Å². The zero-order valence-electron chi connectivity index (χ0n) is 11.8. The van der Waals surface area contributed by atoms with Crippen molar-refractivity contribution in [3.63, 3.8) is 0 Å². The average molecular weight is 303 g/mol. The number of aromatic nitrogens is 4. The standard InChI is InChI=1S/C15H15ClN4O/c1-10(2)15-17-5-6-19(15)9-12-7-14(21)20-8-11(16)3-4-13(20)18-12/h3-8,10H,9H2,1-2H3. The van der Waals surface area contributed by atoms with Gasteiger partial charge in [0.15, 0.2) is 0 Å². The Hall–Kier alpha value is -2.14. The van der Waals surface area contributed by atoms with E-state index in [2.05, 4.69) is 23.8 Å². The largest absolute Gasteiger partial charge is 0.329 e. The number of imidazole rings is 1. The molecule has 3 aromatic rings. The molecule has 6 heteroatoms. The highest BCUT2D eigenvalue weighted by Gasteiger charge is 2.09. The van der Waals surface area contributed by atoms with Gasteiger partial charge in [-0.3, -0.25) is 9.20 Å². The first-order valence-corrected chi connectivity index (χ1v) is 7.11. The Morgan fingerprint density at radius 2 is 2.14 bits per heavy atom. The second-order valence-corrected chi connectivity index (χ2v) is 5.67. The Morgan fingerprint density at radius 1 is 1.33 bits per heavy atom. The van der Waals surface area contributed by atoms with Gasteiger partial charge >= 0.3 is 0 Å². The molecule has 0 aliphatic carbocycles. The van der Waals surface area contributed by atoms with Gasteiger partial charge < -0.3 is 4.57 Å². The third-order valence-corrected chi connectivity index (χ3v) is 3.50. The number of hydrogen-bond donors (Lipinski definition) is 0. The second-order valence-electron chi connectivity index (χ2n) is 5.23. The molecule has 3 rings (SSSR count). The summed E-state index contributed by atoms with van der Waals surface area (Å²) in [6.45, 7) is 4.70. The quantitative estimate of drug-likeness (QED) is 0.747. The number of halogens is 1. The zero-order chi connectivity index (χ0) is 15.0. The van der Waals surface area contributed by atoms with Crippen LogP contribution in [0.25, 0.3) is 5.65 Å². The van der Waals surface area contributed by atoms with Crippen LogP contribution in [0.2, 0.25) is 5.02 Å². The molecule has 0 aliphatic rings. The highest BCUT2D eigenvalue weighted by atomic mass is 35.5. The zero-order valence-corrected chi connectivity index (χ0v) is 12.6. The fraction of sp³-hybridized carbons (Fsp3) is 0.267. The fourth-order valence-electron chi connectivity index (χ4n) is 2.34. The Morgan fingerprint density at radius 3 is 2.90 bits per heavy atom. The van der Waals surface area contributed by atoms with Crippen LogP contribution < -0.4 is 5.56 Å². The predicted molar refractivity (Wildman–Crippen MR) is 81.9 cm³/mol. The summed E-state index contributed by atoms with van der Waals surface area (Å²) in [4.78, 5) is 21.0. The van der Waals surface area contributed by atoms with Crippen LogP contribution in [0.3, 0.4) is 0 Å². The number of rotatable bonds is 3. The van der Waals surface area contributed by atoms with Crippen LogP contribution in [0, 0.1) is 0 Å². The minimum atomic E-state index is -0.135. The molecule has 0 spiro atoms. The van der Waals surface area contributed by atoms with Crippen LogP contribution in [0.15, 0.2) is 41.6 Å². The Balaban J connectivity index is 2.04. The van der Waals surface area contributed by atoms with Crippen molar-refractivity contribution in [1.29, 1.82) is 0 Å². The highest BCUT2D eigenvalue weighted by molar-refractivity contribution is 6.30. The lowest BCUT2D eigenvalue weighted by Crippen LogP contribution is -2.17. The summed E-state index contributed by atoms with van der Waals surface area (Å²) in [6.07, 6.45) is 5.25. The summed E-state index contributed by atoms with van der Waals surface area (Å²) < 4.78 is 3.46. The molecule has 3 heterocycles. The van der Waals surface area contributed by atoms with Gasteiger partial charge in [-0.05, 0) is 12.1 Å². The lowest BCUT2D eigenvalue weighted by Gasteiger charge is -2.10. The highest BCUT2D eigenvalue weighted by Crippen LogP contribution is 2.13. The third kappa shape index (κ3) is 2.69. The van der Waals surface area contributed by atoms with Gasteiger partial charge in [0.25, 0.3) is 5.56 Å². The smallest absolute Gasteiger partial charge is 0.258 e. The first-order valence-electron chi connectivity index (χ1n) is 6.73. The molecule has 21 heavy (non-hydrogen) atoms. The molecular formula is C15H15ClN4O. The van der Waals surface area contributed by atoms with E-state index >= 15 is 0 Å². The number of nitrogens with zero attached hydrogens (tertiary/aromatic N) is 4. The van der Waals surface area contributed by atoms with Gasteiger partial charge in [-0.25, -0.2) is 9.97 Å². The van der Waals surface area contributed by atoms with Crippen molar-refractivity contribution in [1.82, 2.24) is 18.9 Å². The fourth-order valence-corrected chi connectivity index (χ4v) is 2.50. The summed E-state index contributed by atoms with van der Waals surface area (Å²) in [5, 5.41) is 0.510. The van der Waals surface area contributed by atoms with E-state index in [1.165, 1.54) is 10.5 Å². The van der Waals surface area contributed by atoms with Crippen molar-refractivity contribution in [2.24, 2.45) is 0 Å². The minimum absolute atomic E-state index is 0.135. The van der Waals surface area contributed by atoms with E-state index in [-0.39, 0.29) is 5.56 Å². The SMILES string of the molecule is CC(C)c1nccn1Cc1cc(=O)n2cc(Cl)ccc2n1. The van der Waals surface area contributed by atoms with Gasteiger partial charge in [-0.2, -0.15) is 0 Å². The average Bonchev–Trinajstić information content (AvgIpc) is 2.88. The van der Waals surface area contributed by atoms with Crippen molar-refractivity contribution in [2.45, 2.75) is 26.3 Å². The Kier molecular flexibility index (Phi) is 3.51. The van der Waals surface area contributed by atoms with E-state index in [0.717, 1.165) is 5.82 Å². The van der Waals surface area contributed by atoms with Crippen molar-refractivity contribution in [3.8, 4) is 0 Å². The number of fused-ring (bicyclic) bond motifs is 1. The van der Waals surface area contributed by atoms with Crippen molar-refractivity contribution >= 4 is 17.2 Å². The van der Waals surface area contributed by atoms with Crippen molar-refractivity contribution in [3.05, 3.63) is 63.7 Å². The van der Waals surface area contributed by atoms with Crippen LogP contribution in [0.1, 0.15) is 31.3 Å². The molecule has 0 aliphatic heterocycles. The summed E-state index contributed by atoms with van der Waals surface area (Å²) in [5.41, 5.74) is 1.17. The van der Waals surface area contributed by atoms with Crippen LogP contribution >= 0.6 is 11.6 Å². The van der Waals surface area contributed by atoms with Crippen LogP contribution in [-0.2, 0) is 6.54 Å². The first kappa shape index (κ1) is 13.8. The van der Waals surface area contributed by atoms with E-state index in [4.69, 9.17) is 11.6 Å². The molecule has 0 atom stereocenters. The molecule has 5 nitrogen and oxygen atoms in total. The summed E-state index contributed by atoms with van der Waals surface area (Å²) >= 11 is 5.90. The number of pyridine rings is 1. The predicted octanol–water partition coefficient (Wildman–Crippen LogP) is 2.72. The molecule has 0 aromatic carbocycles. The molecular weight excluding hydrogens is 288 g/mol. The third-order valence-electron chi connectivity index (χ3n) is 3.27. The van der Waals surface area contributed by atoms with Gasteiger partial charge in [0, 0.05) is 30.6 Å². The summed E-state index contributed by atoms with van der Waals surface area (Å²) in [5.74, 6) is 1.30. The minimum Gasteiger partial charge on any atom is -0.329 e. The maximum Gasteiger partial charge on any atom is 0.258 e. The van der Waals surface area contributed by atoms with Gasteiger partial charge in [0.2, 0.25) is 0 Å². The number of hydrogen-bond acceptors (Lipinski definition) is 3. The van der Waals surface area contributed by atoms with E-state index in [1.54, 1.807) is 24.5 Å². The lowest BCUT2D eigenvalue weighted by molar-refractivity contribution is 0.660. The molecule has 0 bridgehead atoms. The Labute approximate surface area is 126 Å². The van der Waals surface area contributed by atoms with E-state index in [1.807, 2.05) is 10.8 Å². The van der Waals surface area contributed by atoms with Gasteiger partial charge in [-0.15, -0.1) is 0 Å². The molecule has 0 N–H and O–H groups in total. The molecule has 0 radical (unpaired) electrons. The maximum atomic E-state index is 12.1. The molecule has 0 saturated heterocycles. The lowest BCUT2D eigenvalue weighted by atomic mass is 10.2. The van der Waals surface area contributed by atoms with Crippen molar-refractivity contribution < 1.29 is 0 Å². The topological polar surface area (TPSA) is 52.2 Å². The molecule has 0 fully saturated rings. The first-order chi connectivity index (χ1) is 10.0. The summed E-state index contributed by atoms with van der Waals surface area (Å²) in [6, 6.07) is 5.00. The van der Waals surface area contributed by atoms with Crippen LogP contribution in [0.4, 0.5) is 0 Å². The van der Waals surface area contributed by atoms with E-state index in [9.17, 15) is 4.79 Å². The van der Waals surface area contributed by atoms with E-state index < -0.39 is 0 Å². The Bertz CT molecular complexity index is 850. The van der Waals surface area contributed by atoms with Gasteiger partial charge in [-0.1, -0.05) is 25.4 Å². The van der Waals surface area contributed by atoms with Gasteiger partial charge in [0.1, 0.15) is 11.5 Å². The normalized spacial score (nSPS) is 11.4. The van der Waals surface area contributed by atoms with Gasteiger partial charge in [0.05, 0.1) is 17.3 Å². The second kappa shape index (κ2) is 5.33. The maximum absolute atomic E-state index is 12.1. The molecule has 0 saturated carbocycles. The molecule has 0 amide bonds. The molecule has 0 unspecified atom stereocenters. The summed E-state index contributed by atoms with van der Waals surface area (Å²) in [7, 11) is 0. The van der Waals surface area contributed by atoms with E-state index in [0.29, 0.717) is 28.8 Å². The van der Waals surface area contributed by atoms with Crippen molar-refractivity contribution in [2.75, 3.05) is 0 Å². The molecule has 3 aromatic heterocycles. The van der Waals surface area contributed by atoms with Crippen LogP contribution in [0.5, 0.6) is 0 Å². The monoisotopic (exact) mass is 302 g/mol.